The van der Waals surface area contributed by atoms with Crippen LogP contribution in [-0.4, -0.2) is 105 Å². The summed E-state index contributed by atoms with van der Waals surface area (Å²) in [7, 11) is 1.59. The average molecular weight is 882 g/mol. The SMILES string of the molecule is CO[C@H]1C[C@@H]2CC[C@@H](C)[C@@](O)(O2)C(=O)C(=O)N2CCCC[C@H]2C(=O)OC([C@H](C)C[C@@H]2CC[C@@H](O)[C@H](C)C2)CC(=O)[C@H](C)/C=C(\C)[C@@H](O)[C@@H](C)C(=O)[C@H](C)C[C@H](C)/C=C/C=CC=C1C. The summed E-state index contributed by atoms with van der Waals surface area (Å²) in [5, 5.41) is 33.7. The molecule has 0 radical (unpaired) electrons. The largest absolute Gasteiger partial charge is 0.460 e. The Kier molecular flexibility index (Phi) is 19.7. The molecule has 0 aromatic heterocycles. The predicted octanol–water partition coefficient (Wildman–Crippen LogP) is 7.42. The van der Waals surface area contributed by atoms with Gasteiger partial charge < -0.3 is 34.4 Å². The fourth-order valence-corrected chi connectivity index (χ4v) is 10.2. The monoisotopic (exact) mass is 882 g/mol. The van der Waals surface area contributed by atoms with Crippen LogP contribution < -0.4 is 0 Å². The van der Waals surface area contributed by atoms with Gasteiger partial charge in [-0.25, -0.2) is 4.79 Å². The van der Waals surface area contributed by atoms with E-state index < -0.39 is 71.7 Å². The molecule has 1 unspecified atom stereocenters. The van der Waals surface area contributed by atoms with Gasteiger partial charge in [-0.2, -0.15) is 0 Å². The van der Waals surface area contributed by atoms with E-state index in [0.29, 0.717) is 56.9 Å². The molecular formula is C51H79NO11. The Labute approximate surface area is 376 Å². The molecule has 1 aliphatic carbocycles. The summed E-state index contributed by atoms with van der Waals surface area (Å²) < 4.78 is 18.3. The maximum absolute atomic E-state index is 14.3. The molecule has 4 aliphatic rings. The molecular weight excluding hydrogens is 803 g/mol. The summed E-state index contributed by atoms with van der Waals surface area (Å²) in [4.78, 5) is 71.5. The van der Waals surface area contributed by atoms with Crippen LogP contribution in [0, 0.1) is 47.3 Å². The number of carbonyl (C=O) groups is 5. The summed E-state index contributed by atoms with van der Waals surface area (Å²) in [6.45, 7) is 16.8. The highest BCUT2D eigenvalue weighted by Crippen LogP contribution is 2.38. The van der Waals surface area contributed by atoms with Gasteiger partial charge in [-0.05, 0) is 113 Å². The van der Waals surface area contributed by atoms with Gasteiger partial charge >= 0.3 is 5.97 Å². The minimum atomic E-state index is -2.41. The molecule has 12 heteroatoms. The number of ether oxygens (including phenoxy) is 3. The number of amides is 1. The highest BCUT2D eigenvalue weighted by atomic mass is 16.6. The first-order chi connectivity index (χ1) is 29.7. The number of nitrogens with zero attached hydrogens (tertiary/aromatic N) is 1. The number of allylic oxidation sites excluding steroid dienone is 6. The molecule has 63 heavy (non-hydrogen) atoms. The van der Waals surface area contributed by atoms with Crippen molar-refractivity contribution < 1.29 is 53.5 Å². The van der Waals surface area contributed by atoms with Crippen molar-refractivity contribution in [2.45, 2.75) is 182 Å². The number of esters is 1. The Hall–Kier alpha value is -3.29. The Bertz CT molecular complexity index is 1720. The van der Waals surface area contributed by atoms with Crippen LogP contribution in [-0.2, 0) is 38.2 Å². The van der Waals surface area contributed by atoms with Crippen LogP contribution >= 0.6 is 0 Å². The van der Waals surface area contributed by atoms with Crippen molar-refractivity contribution in [3.05, 3.63) is 47.6 Å². The Morgan fingerprint density at radius 3 is 2.27 bits per heavy atom. The van der Waals surface area contributed by atoms with Gasteiger partial charge in [0.15, 0.2) is 0 Å². The Morgan fingerprint density at radius 2 is 1.59 bits per heavy atom. The third kappa shape index (κ3) is 13.9. The average Bonchev–Trinajstić information content (AvgIpc) is 3.25. The zero-order valence-electron chi connectivity index (χ0n) is 39.8. The third-order valence-corrected chi connectivity index (χ3v) is 14.6. The molecule has 3 heterocycles. The molecule has 12 nitrogen and oxygen atoms in total. The van der Waals surface area contributed by atoms with E-state index >= 15 is 0 Å². The summed E-state index contributed by atoms with van der Waals surface area (Å²) in [5.41, 5.74) is 1.40. The van der Waals surface area contributed by atoms with Gasteiger partial charge in [0.25, 0.3) is 11.7 Å². The van der Waals surface area contributed by atoms with Crippen molar-refractivity contribution >= 4 is 29.2 Å². The third-order valence-electron chi connectivity index (χ3n) is 14.6. The number of hydrogen-bond acceptors (Lipinski definition) is 11. The van der Waals surface area contributed by atoms with E-state index in [1.165, 1.54) is 4.90 Å². The molecule has 0 aromatic rings. The number of cyclic esters (lactones) is 1. The molecule has 4 rings (SSSR count). The van der Waals surface area contributed by atoms with Gasteiger partial charge in [0.1, 0.15) is 23.7 Å². The molecule has 15 atom stereocenters. The van der Waals surface area contributed by atoms with Gasteiger partial charge in [-0.1, -0.05) is 84.9 Å². The number of aliphatic hydroxyl groups is 3. The molecule has 354 valence electrons. The number of ketones is 3. The highest BCUT2D eigenvalue weighted by Gasteiger charge is 2.53. The van der Waals surface area contributed by atoms with Crippen LogP contribution in [0.5, 0.6) is 0 Å². The number of Topliss-reactive ketones (excluding diaryl/α,β-unsaturated/α-hetero) is 3. The lowest BCUT2D eigenvalue weighted by Crippen LogP contribution is -2.61. The van der Waals surface area contributed by atoms with Crippen LogP contribution in [0.4, 0.5) is 0 Å². The maximum Gasteiger partial charge on any atom is 0.329 e. The minimum absolute atomic E-state index is 0.0599. The molecule has 0 aromatic carbocycles. The fraction of sp³-hybridized carbons (Fsp3) is 0.745. The van der Waals surface area contributed by atoms with Crippen molar-refractivity contribution in [1.82, 2.24) is 4.90 Å². The quantitative estimate of drug-likeness (QED) is 0.146. The first-order valence-electron chi connectivity index (χ1n) is 23.8. The summed E-state index contributed by atoms with van der Waals surface area (Å²) in [6, 6.07) is -1.10. The zero-order valence-corrected chi connectivity index (χ0v) is 39.8. The molecule has 1 amide bonds. The summed E-state index contributed by atoms with van der Waals surface area (Å²) >= 11 is 0. The second-order valence-corrected chi connectivity index (χ2v) is 19.9. The van der Waals surface area contributed by atoms with Crippen LogP contribution in [0.3, 0.4) is 0 Å². The zero-order chi connectivity index (χ0) is 46.8. The molecule has 2 bridgehead atoms. The van der Waals surface area contributed by atoms with E-state index in [1.807, 2.05) is 65.0 Å². The molecule has 3 fully saturated rings. The number of carbonyl (C=O) groups excluding carboxylic acids is 5. The van der Waals surface area contributed by atoms with Gasteiger partial charge in [0, 0.05) is 50.2 Å². The number of hydrogen-bond donors (Lipinski definition) is 3. The highest BCUT2D eigenvalue weighted by molar-refractivity contribution is 6.39. The van der Waals surface area contributed by atoms with Crippen LogP contribution in [0.15, 0.2) is 47.6 Å². The first kappa shape index (κ1) is 52.3. The normalized spacial score (nSPS) is 40.0. The summed E-state index contributed by atoms with van der Waals surface area (Å²) in [6.07, 6.45) is 14.2. The van der Waals surface area contributed by atoms with Crippen LogP contribution in [0.25, 0.3) is 0 Å². The fourth-order valence-electron chi connectivity index (χ4n) is 10.2. The van der Waals surface area contributed by atoms with Crippen molar-refractivity contribution in [1.29, 1.82) is 0 Å². The standard InChI is InChI=1S/C51H79NO11/c1-30-16-12-11-13-17-31(2)44(61-10)28-40-21-19-37(8)51(60,63-40)48(57)49(58)52-23-15-14-18-41(52)50(59)62-45(34(5)27-39-20-22-42(53)33(4)26-39)29-43(54)32(3)25-36(7)47(56)38(9)46(55)35(6)24-30/h11-13,16-17,25,30,32-35,37-42,44-45,47,53,56,60H,14-15,18-24,26-29H2,1-10H3/b13-11?,16-12+,31-17?,36-25+/t30-,32-,33-,34-,35-,37-,38+,39-,40+,41+,42-,44+,45?,47-,51-/m1/s1. The number of methoxy groups -OCH3 is 1. The van der Waals surface area contributed by atoms with Gasteiger partial charge in [-0.3, -0.25) is 19.2 Å². The number of aliphatic hydroxyl groups excluding tert-OH is 2. The Balaban J connectivity index is 1.68. The lowest BCUT2D eigenvalue weighted by Gasteiger charge is -2.42. The van der Waals surface area contributed by atoms with E-state index in [0.717, 1.165) is 18.4 Å². The summed E-state index contributed by atoms with van der Waals surface area (Å²) in [5.74, 6) is -7.70. The lowest BCUT2D eigenvalue weighted by molar-refractivity contribution is -0.265. The smallest absolute Gasteiger partial charge is 0.329 e. The molecule has 3 N–H and O–H groups in total. The number of fused-ring (bicyclic) bond motifs is 3. The van der Waals surface area contributed by atoms with Crippen molar-refractivity contribution in [3.63, 3.8) is 0 Å². The van der Waals surface area contributed by atoms with E-state index in [9.17, 15) is 39.3 Å². The van der Waals surface area contributed by atoms with Crippen molar-refractivity contribution in [2.24, 2.45) is 47.3 Å². The van der Waals surface area contributed by atoms with Crippen LogP contribution in [0.1, 0.15) is 139 Å². The first-order valence-corrected chi connectivity index (χ1v) is 23.8. The predicted molar refractivity (Wildman–Crippen MR) is 242 cm³/mol. The van der Waals surface area contributed by atoms with E-state index in [1.54, 1.807) is 40.9 Å². The lowest BCUT2D eigenvalue weighted by atomic mass is 9.75. The van der Waals surface area contributed by atoms with Gasteiger partial charge in [0.2, 0.25) is 5.79 Å². The van der Waals surface area contributed by atoms with E-state index in [4.69, 9.17) is 14.2 Å². The second kappa shape index (κ2) is 23.8. The van der Waals surface area contributed by atoms with Gasteiger partial charge in [0.05, 0.1) is 24.4 Å². The van der Waals surface area contributed by atoms with Gasteiger partial charge in [-0.15, -0.1) is 0 Å². The van der Waals surface area contributed by atoms with Crippen LogP contribution in [0.2, 0.25) is 0 Å². The number of piperidine rings is 1. The van der Waals surface area contributed by atoms with Crippen molar-refractivity contribution in [2.75, 3.05) is 13.7 Å². The minimum Gasteiger partial charge on any atom is -0.460 e. The van der Waals surface area contributed by atoms with Crippen molar-refractivity contribution in [3.8, 4) is 0 Å². The molecule has 2 saturated heterocycles. The number of rotatable bonds is 4. The van der Waals surface area contributed by atoms with E-state index in [-0.39, 0.29) is 66.6 Å². The topological polar surface area (TPSA) is 177 Å². The molecule has 0 spiro atoms. The Morgan fingerprint density at radius 1 is 0.873 bits per heavy atom. The molecule has 3 aliphatic heterocycles. The van der Waals surface area contributed by atoms with E-state index in [2.05, 4.69) is 0 Å². The molecule has 1 saturated carbocycles. The maximum atomic E-state index is 14.3. The second-order valence-electron chi connectivity index (χ2n) is 19.9.